The normalized spacial score (nSPS) is 26.5. The van der Waals surface area contributed by atoms with E-state index < -0.39 is 0 Å². The summed E-state index contributed by atoms with van der Waals surface area (Å²) in [7, 11) is 1.74. The van der Waals surface area contributed by atoms with Crippen LogP contribution in [0.15, 0.2) is 9.95 Å². The van der Waals surface area contributed by atoms with E-state index >= 15 is 0 Å². The highest BCUT2D eigenvalue weighted by Gasteiger charge is 2.22. The smallest absolute Gasteiger partial charge is 0.327 e. The average molecular weight is 256 g/mol. The molecule has 2 atom stereocenters. The van der Waals surface area contributed by atoms with Gasteiger partial charge in [0.1, 0.15) is 0 Å². The topological polar surface area (TPSA) is 76.7 Å². The zero-order valence-corrected chi connectivity index (χ0v) is 11.0. The number of rotatable bonds is 2. The number of hydrogen-bond acceptors (Lipinski definition) is 4. The first kappa shape index (κ1) is 12.7. The fourth-order valence-electron chi connectivity index (χ4n) is 2.20. The lowest BCUT2D eigenvalue weighted by Crippen LogP contribution is -2.33. The third-order valence-corrected chi connectivity index (χ3v) is 4.81. The number of nitrogens with one attached hydrogen (secondary N) is 1. The van der Waals surface area contributed by atoms with Gasteiger partial charge in [-0.3, -0.25) is 4.57 Å². The van der Waals surface area contributed by atoms with Crippen molar-refractivity contribution < 1.29 is 0 Å². The van der Waals surface area contributed by atoms with Gasteiger partial charge in [0.05, 0.1) is 0 Å². The molecule has 17 heavy (non-hydrogen) atoms. The second-order valence-corrected chi connectivity index (χ2v) is 5.89. The van der Waals surface area contributed by atoms with E-state index in [2.05, 4.69) is 10.2 Å². The van der Waals surface area contributed by atoms with E-state index in [9.17, 15) is 4.79 Å². The van der Waals surface area contributed by atoms with Crippen LogP contribution in [0, 0.1) is 0 Å². The zero-order valence-electron chi connectivity index (χ0n) is 10.2. The Kier molecular flexibility index (Phi) is 4.28. The van der Waals surface area contributed by atoms with Gasteiger partial charge in [0.2, 0.25) is 0 Å². The molecule has 1 fully saturated rings. The Bertz CT molecular complexity index is 414. The van der Waals surface area contributed by atoms with Gasteiger partial charge >= 0.3 is 5.69 Å². The summed E-state index contributed by atoms with van der Waals surface area (Å²) in [5.41, 5.74) is 6.05. The Morgan fingerprint density at radius 1 is 1.35 bits per heavy atom. The molecule has 0 aromatic carbocycles. The Balaban J connectivity index is 2.04. The van der Waals surface area contributed by atoms with E-state index in [1.54, 1.807) is 23.4 Å². The number of H-pyrrole nitrogens is 1. The second kappa shape index (κ2) is 5.73. The number of hydrogen-bond donors (Lipinski definition) is 2. The minimum atomic E-state index is -0.160. The van der Waals surface area contributed by atoms with Crippen LogP contribution in [-0.4, -0.2) is 26.1 Å². The molecule has 96 valence electrons. The van der Waals surface area contributed by atoms with Crippen LogP contribution in [-0.2, 0) is 7.05 Å². The average Bonchev–Trinajstić information content (AvgIpc) is 2.60. The first-order valence-corrected chi connectivity index (χ1v) is 7.10. The van der Waals surface area contributed by atoms with Crippen LogP contribution in [0.1, 0.15) is 38.5 Å². The summed E-state index contributed by atoms with van der Waals surface area (Å²) < 4.78 is 1.55. The summed E-state index contributed by atoms with van der Waals surface area (Å²) in [5, 5.41) is 7.62. The highest BCUT2D eigenvalue weighted by molar-refractivity contribution is 7.99. The monoisotopic (exact) mass is 256 g/mol. The number of nitrogens with zero attached hydrogens (tertiary/aromatic N) is 2. The van der Waals surface area contributed by atoms with Crippen LogP contribution < -0.4 is 11.4 Å². The molecule has 1 aliphatic carbocycles. The summed E-state index contributed by atoms with van der Waals surface area (Å²) in [6.07, 6.45) is 7.24. The minimum absolute atomic E-state index is 0.160. The quantitative estimate of drug-likeness (QED) is 0.835. The summed E-state index contributed by atoms with van der Waals surface area (Å²) in [6, 6.07) is 0.215. The first-order valence-electron chi connectivity index (χ1n) is 6.22. The van der Waals surface area contributed by atoms with Crippen LogP contribution in [0.5, 0.6) is 0 Å². The molecule has 5 nitrogen and oxygen atoms in total. The third-order valence-electron chi connectivity index (χ3n) is 3.35. The second-order valence-electron chi connectivity index (χ2n) is 4.68. The van der Waals surface area contributed by atoms with Crippen molar-refractivity contribution in [1.29, 1.82) is 0 Å². The van der Waals surface area contributed by atoms with E-state index in [-0.39, 0.29) is 11.7 Å². The number of thioether (sulfide) groups is 1. The molecule has 0 amide bonds. The van der Waals surface area contributed by atoms with Crippen LogP contribution >= 0.6 is 11.8 Å². The lowest BCUT2D eigenvalue weighted by molar-refractivity contribution is 0.462. The summed E-state index contributed by atoms with van der Waals surface area (Å²) >= 11 is 1.64. The van der Waals surface area contributed by atoms with Gasteiger partial charge < -0.3 is 5.73 Å². The van der Waals surface area contributed by atoms with Crippen molar-refractivity contribution in [3.05, 3.63) is 10.5 Å². The molecular weight excluding hydrogens is 236 g/mol. The Morgan fingerprint density at radius 2 is 2.06 bits per heavy atom. The van der Waals surface area contributed by atoms with E-state index in [1.807, 2.05) is 0 Å². The maximum atomic E-state index is 11.3. The molecular formula is C11H20N4OS. The molecule has 0 saturated heterocycles. The lowest BCUT2D eigenvalue weighted by atomic mass is 9.97. The predicted octanol–water partition coefficient (Wildman–Crippen LogP) is 1.25. The van der Waals surface area contributed by atoms with Gasteiger partial charge in [0.25, 0.3) is 0 Å². The molecule has 0 aliphatic heterocycles. The zero-order chi connectivity index (χ0) is 12.3. The molecule has 6 heteroatoms. The molecule has 0 radical (unpaired) electrons. The standard InChI is InChI=1S/C11H20N4OS/c1-15-10(16)13-14-11(15)17-9-7-5-3-2-4-6-8(9)12/h8-9H,2-7,12H2,1H3,(H,13,16). The number of aromatic nitrogens is 3. The highest BCUT2D eigenvalue weighted by atomic mass is 32.2. The SMILES string of the molecule is Cn1c(SC2CCCCCCC2N)n[nH]c1=O. The fourth-order valence-corrected chi connectivity index (χ4v) is 3.40. The van der Waals surface area contributed by atoms with Crippen LogP contribution in [0.3, 0.4) is 0 Å². The van der Waals surface area contributed by atoms with Crippen LogP contribution in [0.25, 0.3) is 0 Å². The van der Waals surface area contributed by atoms with Crippen molar-refractivity contribution in [2.24, 2.45) is 12.8 Å². The molecule has 1 aromatic heterocycles. The van der Waals surface area contributed by atoms with Crippen molar-refractivity contribution >= 4 is 11.8 Å². The molecule has 1 saturated carbocycles. The summed E-state index contributed by atoms with van der Waals surface area (Å²) in [5.74, 6) is 0. The van der Waals surface area contributed by atoms with Gasteiger partial charge in [-0.2, -0.15) is 0 Å². The maximum Gasteiger partial charge on any atom is 0.343 e. The highest BCUT2D eigenvalue weighted by Crippen LogP contribution is 2.29. The van der Waals surface area contributed by atoms with Crippen molar-refractivity contribution in [3.8, 4) is 0 Å². The molecule has 1 aliphatic rings. The Labute approximate surface area is 105 Å². The van der Waals surface area contributed by atoms with Gasteiger partial charge in [0, 0.05) is 18.3 Å². The molecule has 3 N–H and O–H groups in total. The Hall–Kier alpha value is -0.750. The van der Waals surface area contributed by atoms with E-state index in [0.717, 1.165) is 18.0 Å². The molecule has 2 rings (SSSR count). The van der Waals surface area contributed by atoms with Crippen molar-refractivity contribution in [1.82, 2.24) is 14.8 Å². The van der Waals surface area contributed by atoms with Gasteiger partial charge in [-0.15, -0.1) is 5.10 Å². The largest absolute Gasteiger partial charge is 0.343 e. The van der Waals surface area contributed by atoms with Crippen molar-refractivity contribution in [2.45, 2.75) is 55.0 Å². The molecule has 0 bridgehead atoms. The Morgan fingerprint density at radius 3 is 2.71 bits per heavy atom. The summed E-state index contributed by atoms with van der Waals surface area (Å²) in [4.78, 5) is 11.3. The fraction of sp³-hybridized carbons (Fsp3) is 0.818. The maximum absolute atomic E-state index is 11.3. The minimum Gasteiger partial charge on any atom is -0.327 e. The molecule has 2 unspecified atom stereocenters. The third kappa shape index (κ3) is 3.13. The molecule has 0 spiro atoms. The van der Waals surface area contributed by atoms with Gasteiger partial charge in [-0.1, -0.05) is 37.4 Å². The van der Waals surface area contributed by atoms with E-state index in [4.69, 9.17) is 5.73 Å². The van der Waals surface area contributed by atoms with E-state index in [0.29, 0.717) is 5.25 Å². The van der Waals surface area contributed by atoms with Crippen LogP contribution in [0.2, 0.25) is 0 Å². The molecule has 1 heterocycles. The van der Waals surface area contributed by atoms with Gasteiger partial charge in [0.15, 0.2) is 5.16 Å². The van der Waals surface area contributed by atoms with Crippen molar-refractivity contribution in [3.63, 3.8) is 0 Å². The number of nitrogens with two attached hydrogens (primary N) is 1. The first-order chi connectivity index (χ1) is 8.18. The van der Waals surface area contributed by atoms with Crippen molar-refractivity contribution in [2.75, 3.05) is 0 Å². The number of aromatic amines is 1. The predicted molar refractivity (Wildman–Crippen MR) is 69.2 cm³/mol. The molecule has 1 aromatic rings. The lowest BCUT2D eigenvalue weighted by Gasteiger charge is -2.25. The van der Waals surface area contributed by atoms with Gasteiger partial charge in [-0.05, 0) is 12.8 Å². The summed E-state index contributed by atoms with van der Waals surface area (Å²) in [6.45, 7) is 0. The van der Waals surface area contributed by atoms with Gasteiger partial charge in [-0.25, -0.2) is 9.89 Å². The van der Waals surface area contributed by atoms with E-state index in [1.165, 1.54) is 25.7 Å². The van der Waals surface area contributed by atoms with Crippen LogP contribution in [0.4, 0.5) is 0 Å².